The molecule has 3 rings (SSSR count). The van der Waals surface area contributed by atoms with Gasteiger partial charge in [0.15, 0.2) is 0 Å². The highest BCUT2D eigenvalue weighted by atomic mass is 16.1. The molecule has 1 aliphatic rings. The van der Waals surface area contributed by atoms with Crippen LogP contribution in [-0.4, -0.2) is 23.4 Å². The molecule has 0 radical (unpaired) electrons. The number of carbonyl (C=O) groups is 1. The van der Waals surface area contributed by atoms with Crippen LogP contribution in [0.3, 0.4) is 0 Å². The van der Waals surface area contributed by atoms with Gasteiger partial charge in [-0.25, -0.2) is 0 Å². The molecular weight excluding hydrogens is 296 g/mol. The van der Waals surface area contributed by atoms with Gasteiger partial charge >= 0.3 is 0 Å². The van der Waals surface area contributed by atoms with Crippen LogP contribution in [0.15, 0.2) is 60.7 Å². The summed E-state index contributed by atoms with van der Waals surface area (Å²) in [6.45, 7) is 6.57. The van der Waals surface area contributed by atoms with E-state index in [0.717, 1.165) is 26.1 Å². The van der Waals surface area contributed by atoms with Gasteiger partial charge < -0.3 is 5.32 Å². The number of nitrogens with one attached hydrogen (secondary N) is 1. The van der Waals surface area contributed by atoms with Gasteiger partial charge in [0.1, 0.15) is 0 Å². The minimum absolute atomic E-state index is 0.177. The molecule has 0 spiro atoms. The van der Waals surface area contributed by atoms with Gasteiger partial charge in [-0.15, -0.1) is 0 Å². The molecular formula is C21H28N2O. The van der Waals surface area contributed by atoms with Gasteiger partial charge in [-0.1, -0.05) is 74.5 Å². The summed E-state index contributed by atoms with van der Waals surface area (Å²) in [4.78, 5) is 13.9. The maximum atomic E-state index is 11.4. The molecule has 0 bridgehead atoms. The molecule has 0 aromatic heterocycles. The van der Waals surface area contributed by atoms with Crippen LogP contribution in [0.4, 0.5) is 0 Å². The summed E-state index contributed by atoms with van der Waals surface area (Å²) in [5, 5.41) is 3.00. The predicted octanol–water partition coefficient (Wildman–Crippen LogP) is 3.99. The number of hydrogen-bond donors (Lipinski definition) is 1. The molecule has 1 N–H and O–H groups in total. The second-order valence-electron chi connectivity index (χ2n) is 5.87. The van der Waals surface area contributed by atoms with Crippen molar-refractivity contribution in [1.82, 2.24) is 10.2 Å². The lowest BCUT2D eigenvalue weighted by Crippen LogP contribution is -2.47. The van der Waals surface area contributed by atoms with Gasteiger partial charge in [0.25, 0.3) is 0 Å². The molecule has 128 valence electrons. The fourth-order valence-electron chi connectivity index (χ4n) is 2.98. The SMILES string of the molecule is CC.O=C1CC[C@H](N(Cc2ccccc2)Cc2ccccc2)CN1. The Morgan fingerprint density at radius 2 is 1.42 bits per heavy atom. The Balaban J connectivity index is 0.00000100. The van der Waals surface area contributed by atoms with E-state index >= 15 is 0 Å². The van der Waals surface area contributed by atoms with Gasteiger partial charge in [0.05, 0.1) is 0 Å². The third-order valence-electron chi connectivity index (χ3n) is 4.21. The van der Waals surface area contributed by atoms with Crippen molar-refractivity contribution in [2.45, 2.75) is 45.8 Å². The number of benzene rings is 2. The molecule has 1 saturated heterocycles. The first kappa shape index (κ1) is 18.2. The van der Waals surface area contributed by atoms with Crippen molar-refractivity contribution < 1.29 is 4.79 Å². The van der Waals surface area contributed by atoms with Crippen LogP contribution < -0.4 is 5.32 Å². The van der Waals surface area contributed by atoms with Crippen molar-refractivity contribution in [2.24, 2.45) is 0 Å². The smallest absolute Gasteiger partial charge is 0.220 e. The Labute approximate surface area is 145 Å². The van der Waals surface area contributed by atoms with Crippen LogP contribution in [0.5, 0.6) is 0 Å². The fourth-order valence-corrected chi connectivity index (χ4v) is 2.98. The summed E-state index contributed by atoms with van der Waals surface area (Å²) >= 11 is 0. The number of piperidine rings is 1. The summed E-state index contributed by atoms with van der Waals surface area (Å²) in [6.07, 6.45) is 1.57. The maximum absolute atomic E-state index is 11.4. The van der Waals surface area contributed by atoms with E-state index < -0.39 is 0 Å². The predicted molar refractivity (Wildman–Crippen MR) is 99.5 cm³/mol. The van der Waals surface area contributed by atoms with Crippen molar-refractivity contribution in [1.29, 1.82) is 0 Å². The molecule has 0 unspecified atom stereocenters. The lowest BCUT2D eigenvalue weighted by atomic mass is 10.0. The topological polar surface area (TPSA) is 32.3 Å². The van der Waals surface area contributed by atoms with Crippen LogP contribution in [0.1, 0.15) is 37.8 Å². The molecule has 0 aliphatic carbocycles. The molecule has 1 aliphatic heterocycles. The Bertz CT molecular complexity index is 546. The Hall–Kier alpha value is -2.13. The molecule has 2 aromatic carbocycles. The average molecular weight is 324 g/mol. The monoisotopic (exact) mass is 324 g/mol. The van der Waals surface area contributed by atoms with Gasteiger partial charge in [-0.3, -0.25) is 9.69 Å². The summed E-state index contributed by atoms with van der Waals surface area (Å²) in [5.41, 5.74) is 2.63. The normalized spacial score (nSPS) is 17.0. The van der Waals surface area contributed by atoms with E-state index in [-0.39, 0.29) is 5.91 Å². The third-order valence-corrected chi connectivity index (χ3v) is 4.21. The van der Waals surface area contributed by atoms with E-state index in [0.29, 0.717) is 12.5 Å². The second-order valence-corrected chi connectivity index (χ2v) is 5.87. The van der Waals surface area contributed by atoms with Crippen molar-refractivity contribution in [3.05, 3.63) is 71.8 Å². The maximum Gasteiger partial charge on any atom is 0.220 e. The Morgan fingerprint density at radius 3 is 1.83 bits per heavy atom. The van der Waals surface area contributed by atoms with Crippen molar-refractivity contribution in [2.75, 3.05) is 6.54 Å². The highest BCUT2D eigenvalue weighted by molar-refractivity contribution is 5.76. The van der Waals surface area contributed by atoms with Crippen LogP contribution in [-0.2, 0) is 17.9 Å². The standard InChI is InChI=1S/C19H22N2O.C2H6/c22-19-12-11-18(13-20-19)21(14-16-7-3-1-4-8-16)15-17-9-5-2-6-10-17;1-2/h1-10,18H,11-15H2,(H,20,22);1-2H3/t18-;/m0./s1. The van der Waals surface area contributed by atoms with Gasteiger partial charge in [0.2, 0.25) is 5.91 Å². The van der Waals surface area contributed by atoms with Gasteiger partial charge in [-0.05, 0) is 17.5 Å². The molecule has 3 nitrogen and oxygen atoms in total. The first-order valence-corrected chi connectivity index (χ1v) is 8.90. The van der Waals surface area contributed by atoms with Crippen LogP contribution in [0.2, 0.25) is 0 Å². The van der Waals surface area contributed by atoms with Gasteiger partial charge in [0, 0.05) is 32.1 Å². The van der Waals surface area contributed by atoms with E-state index in [1.807, 2.05) is 26.0 Å². The minimum atomic E-state index is 0.177. The zero-order valence-electron chi connectivity index (χ0n) is 14.7. The number of hydrogen-bond acceptors (Lipinski definition) is 2. The molecule has 3 heteroatoms. The van der Waals surface area contributed by atoms with E-state index in [1.165, 1.54) is 11.1 Å². The van der Waals surface area contributed by atoms with Crippen molar-refractivity contribution in [3.63, 3.8) is 0 Å². The molecule has 0 saturated carbocycles. The van der Waals surface area contributed by atoms with Crippen LogP contribution in [0.25, 0.3) is 0 Å². The minimum Gasteiger partial charge on any atom is -0.355 e. The third kappa shape index (κ3) is 5.50. The van der Waals surface area contributed by atoms with Crippen LogP contribution in [0, 0.1) is 0 Å². The summed E-state index contributed by atoms with van der Waals surface area (Å²) in [6, 6.07) is 21.5. The fraction of sp³-hybridized carbons (Fsp3) is 0.381. The van der Waals surface area contributed by atoms with Crippen molar-refractivity contribution >= 4 is 5.91 Å². The number of amides is 1. The Kier molecular flexibility index (Phi) is 7.50. The van der Waals surface area contributed by atoms with Crippen molar-refractivity contribution in [3.8, 4) is 0 Å². The largest absolute Gasteiger partial charge is 0.355 e. The summed E-state index contributed by atoms with van der Waals surface area (Å²) < 4.78 is 0. The van der Waals surface area contributed by atoms with E-state index in [1.54, 1.807) is 0 Å². The quantitative estimate of drug-likeness (QED) is 0.902. The van der Waals surface area contributed by atoms with E-state index in [9.17, 15) is 4.79 Å². The van der Waals surface area contributed by atoms with Crippen LogP contribution >= 0.6 is 0 Å². The van der Waals surface area contributed by atoms with E-state index in [2.05, 4.69) is 58.7 Å². The number of carbonyl (C=O) groups excluding carboxylic acids is 1. The lowest BCUT2D eigenvalue weighted by Gasteiger charge is -2.34. The Morgan fingerprint density at radius 1 is 0.917 bits per heavy atom. The molecule has 2 aromatic rings. The first-order chi connectivity index (χ1) is 11.8. The molecule has 1 fully saturated rings. The zero-order valence-corrected chi connectivity index (χ0v) is 14.7. The zero-order chi connectivity index (χ0) is 17.2. The second kappa shape index (κ2) is 9.89. The number of nitrogens with zero attached hydrogens (tertiary/aromatic N) is 1. The summed E-state index contributed by atoms with van der Waals surface area (Å²) in [7, 11) is 0. The highest BCUT2D eigenvalue weighted by Gasteiger charge is 2.24. The average Bonchev–Trinajstić information content (AvgIpc) is 2.65. The summed E-state index contributed by atoms with van der Waals surface area (Å²) in [5.74, 6) is 0.177. The molecule has 1 amide bonds. The molecule has 1 atom stereocenters. The van der Waals surface area contributed by atoms with E-state index in [4.69, 9.17) is 0 Å². The molecule has 24 heavy (non-hydrogen) atoms. The lowest BCUT2D eigenvalue weighted by molar-refractivity contribution is -0.123. The first-order valence-electron chi connectivity index (χ1n) is 8.90. The molecule has 1 heterocycles. The highest BCUT2D eigenvalue weighted by Crippen LogP contribution is 2.18. The van der Waals surface area contributed by atoms with Gasteiger partial charge in [-0.2, -0.15) is 0 Å². The number of rotatable bonds is 5.